The first-order valence-electron chi connectivity index (χ1n) is 9.15. The second-order valence-electron chi connectivity index (χ2n) is 6.57. The van der Waals surface area contributed by atoms with Gasteiger partial charge in [0.2, 0.25) is 0 Å². The van der Waals surface area contributed by atoms with E-state index in [-0.39, 0.29) is 5.75 Å². The SMILES string of the molecule is ON=Cc1nc(CCCCN2CCN(c3ccccc3)CC2)ccc1O. The first-order chi connectivity index (χ1) is 12.8. The van der Waals surface area contributed by atoms with Gasteiger partial charge in [0, 0.05) is 37.6 Å². The number of benzene rings is 1. The predicted molar refractivity (Wildman–Crippen MR) is 103 cm³/mol. The Morgan fingerprint density at radius 1 is 1.00 bits per heavy atom. The maximum Gasteiger partial charge on any atom is 0.142 e. The molecular formula is C20H26N4O2. The third-order valence-electron chi connectivity index (χ3n) is 4.79. The Morgan fingerprint density at radius 3 is 2.50 bits per heavy atom. The average Bonchev–Trinajstić information content (AvgIpc) is 2.69. The number of aryl methyl sites for hydroxylation is 1. The van der Waals surface area contributed by atoms with Crippen molar-refractivity contribution in [2.45, 2.75) is 19.3 Å². The Kier molecular flexibility index (Phi) is 6.44. The van der Waals surface area contributed by atoms with Crippen LogP contribution < -0.4 is 4.90 Å². The topological polar surface area (TPSA) is 72.2 Å². The molecular weight excluding hydrogens is 328 g/mol. The van der Waals surface area contributed by atoms with Crippen LogP contribution in [0.1, 0.15) is 24.2 Å². The van der Waals surface area contributed by atoms with Crippen molar-refractivity contribution in [1.29, 1.82) is 0 Å². The molecule has 0 amide bonds. The number of hydrogen-bond donors (Lipinski definition) is 2. The van der Waals surface area contributed by atoms with Crippen molar-refractivity contribution < 1.29 is 10.3 Å². The minimum absolute atomic E-state index is 0.0304. The molecule has 2 aromatic rings. The quantitative estimate of drug-likeness (QED) is 0.346. The van der Waals surface area contributed by atoms with Gasteiger partial charge < -0.3 is 15.2 Å². The summed E-state index contributed by atoms with van der Waals surface area (Å²) < 4.78 is 0. The van der Waals surface area contributed by atoms with Gasteiger partial charge in [0.05, 0.1) is 6.21 Å². The first-order valence-corrected chi connectivity index (χ1v) is 9.15. The molecule has 2 N–H and O–H groups in total. The summed E-state index contributed by atoms with van der Waals surface area (Å²) in [6.45, 7) is 5.46. The van der Waals surface area contributed by atoms with Crippen molar-refractivity contribution in [3.05, 3.63) is 53.9 Å². The summed E-state index contributed by atoms with van der Waals surface area (Å²) in [6.07, 6.45) is 4.19. The second kappa shape index (κ2) is 9.20. The van der Waals surface area contributed by atoms with Gasteiger partial charge in [-0.05, 0) is 50.1 Å². The number of unbranched alkanes of at least 4 members (excludes halogenated alkanes) is 1. The van der Waals surface area contributed by atoms with Crippen LogP contribution in [0.25, 0.3) is 0 Å². The van der Waals surface area contributed by atoms with E-state index in [2.05, 4.69) is 50.3 Å². The number of aromatic hydroxyl groups is 1. The molecule has 1 aliphatic heterocycles. The summed E-state index contributed by atoms with van der Waals surface area (Å²) in [5, 5.41) is 21.2. The molecule has 26 heavy (non-hydrogen) atoms. The largest absolute Gasteiger partial charge is 0.506 e. The summed E-state index contributed by atoms with van der Waals surface area (Å²) in [5.41, 5.74) is 2.53. The van der Waals surface area contributed by atoms with Crippen molar-refractivity contribution in [3.8, 4) is 5.75 Å². The van der Waals surface area contributed by atoms with E-state index in [1.54, 1.807) is 6.07 Å². The fraction of sp³-hybridized carbons (Fsp3) is 0.400. The smallest absolute Gasteiger partial charge is 0.142 e. The lowest BCUT2D eigenvalue weighted by Crippen LogP contribution is -2.46. The molecule has 0 aliphatic carbocycles. The molecule has 0 atom stereocenters. The highest BCUT2D eigenvalue weighted by Crippen LogP contribution is 2.17. The Bertz CT molecular complexity index is 713. The van der Waals surface area contributed by atoms with Crippen LogP contribution >= 0.6 is 0 Å². The molecule has 1 aromatic heterocycles. The molecule has 138 valence electrons. The van der Waals surface area contributed by atoms with Gasteiger partial charge in [-0.1, -0.05) is 23.4 Å². The van der Waals surface area contributed by atoms with Gasteiger partial charge in [0.25, 0.3) is 0 Å². The monoisotopic (exact) mass is 354 g/mol. The van der Waals surface area contributed by atoms with E-state index in [0.717, 1.165) is 63.9 Å². The molecule has 2 heterocycles. The van der Waals surface area contributed by atoms with E-state index in [1.807, 2.05) is 6.07 Å². The summed E-state index contributed by atoms with van der Waals surface area (Å²) in [4.78, 5) is 9.28. The number of nitrogens with zero attached hydrogens (tertiary/aromatic N) is 4. The van der Waals surface area contributed by atoms with Crippen LogP contribution in [0.3, 0.4) is 0 Å². The lowest BCUT2D eigenvalue weighted by Gasteiger charge is -2.36. The molecule has 0 unspecified atom stereocenters. The van der Waals surface area contributed by atoms with E-state index < -0.39 is 0 Å². The minimum Gasteiger partial charge on any atom is -0.506 e. The van der Waals surface area contributed by atoms with Gasteiger partial charge in [-0.25, -0.2) is 4.98 Å². The zero-order chi connectivity index (χ0) is 18.2. The molecule has 1 saturated heterocycles. The normalized spacial score (nSPS) is 15.6. The molecule has 6 heteroatoms. The maximum absolute atomic E-state index is 9.64. The Morgan fingerprint density at radius 2 is 1.77 bits per heavy atom. The number of pyridine rings is 1. The molecule has 1 aromatic carbocycles. The minimum atomic E-state index is 0.0304. The zero-order valence-electron chi connectivity index (χ0n) is 15.0. The number of aromatic nitrogens is 1. The van der Waals surface area contributed by atoms with Gasteiger partial charge >= 0.3 is 0 Å². The van der Waals surface area contributed by atoms with Crippen LogP contribution in [0.15, 0.2) is 47.6 Å². The highest BCUT2D eigenvalue weighted by Gasteiger charge is 2.16. The number of piperazine rings is 1. The molecule has 3 rings (SSSR count). The predicted octanol–water partition coefficient (Wildman–Crippen LogP) is 2.74. The molecule has 0 saturated carbocycles. The molecule has 1 aliphatic rings. The van der Waals surface area contributed by atoms with E-state index in [4.69, 9.17) is 5.21 Å². The van der Waals surface area contributed by atoms with Crippen molar-refractivity contribution in [1.82, 2.24) is 9.88 Å². The van der Waals surface area contributed by atoms with Crippen molar-refractivity contribution in [3.63, 3.8) is 0 Å². The van der Waals surface area contributed by atoms with Crippen LogP contribution in [0.5, 0.6) is 5.75 Å². The summed E-state index contributed by atoms with van der Waals surface area (Å²) in [6, 6.07) is 14.0. The van der Waals surface area contributed by atoms with Gasteiger partial charge in [-0.15, -0.1) is 0 Å². The van der Waals surface area contributed by atoms with E-state index in [0.29, 0.717) is 5.69 Å². The molecule has 0 spiro atoms. The molecule has 6 nitrogen and oxygen atoms in total. The first kappa shape index (κ1) is 18.2. The van der Waals surface area contributed by atoms with Crippen LogP contribution in [0.2, 0.25) is 0 Å². The van der Waals surface area contributed by atoms with Crippen molar-refractivity contribution in [2.75, 3.05) is 37.6 Å². The summed E-state index contributed by atoms with van der Waals surface area (Å²) in [5.74, 6) is 0.0304. The maximum atomic E-state index is 9.64. The van der Waals surface area contributed by atoms with Gasteiger partial charge in [-0.3, -0.25) is 4.90 Å². The van der Waals surface area contributed by atoms with Crippen LogP contribution in [-0.4, -0.2) is 59.1 Å². The molecule has 0 radical (unpaired) electrons. The number of anilines is 1. The highest BCUT2D eigenvalue weighted by molar-refractivity contribution is 5.80. The summed E-state index contributed by atoms with van der Waals surface area (Å²) >= 11 is 0. The van der Waals surface area contributed by atoms with Crippen molar-refractivity contribution >= 4 is 11.9 Å². The van der Waals surface area contributed by atoms with E-state index >= 15 is 0 Å². The number of hydrogen-bond acceptors (Lipinski definition) is 6. The van der Waals surface area contributed by atoms with Crippen molar-refractivity contribution in [2.24, 2.45) is 5.16 Å². The van der Waals surface area contributed by atoms with Crippen LogP contribution in [0.4, 0.5) is 5.69 Å². The third-order valence-corrected chi connectivity index (χ3v) is 4.79. The van der Waals surface area contributed by atoms with Crippen LogP contribution in [0, 0.1) is 0 Å². The van der Waals surface area contributed by atoms with Gasteiger partial charge in [-0.2, -0.15) is 0 Å². The lowest BCUT2D eigenvalue weighted by atomic mass is 10.1. The molecule has 1 fully saturated rings. The fourth-order valence-corrected chi connectivity index (χ4v) is 3.31. The third kappa shape index (κ3) is 4.95. The van der Waals surface area contributed by atoms with E-state index in [1.165, 1.54) is 5.69 Å². The standard InChI is InChI=1S/C20H26N4O2/c25-20-10-9-17(22-19(20)16-21-26)6-4-5-11-23-12-14-24(15-13-23)18-7-2-1-3-8-18/h1-3,7-10,16,25-26H,4-6,11-15H2. The Labute approximate surface area is 154 Å². The highest BCUT2D eigenvalue weighted by atomic mass is 16.4. The Balaban J connectivity index is 1.38. The number of para-hydroxylation sites is 1. The number of oxime groups is 1. The molecule has 0 bridgehead atoms. The number of rotatable bonds is 7. The second-order valence-corrected chi connectivity index (χ2v) is 6.57. The average molecular weight is 354 g/mol. The van der Waals surface area contributed by atoms with E-state index in [9.17, 15) is 5.11 Å². The zero-order valence-corrected chi connectivity index (χ0v) is 15.0. The summed E-state index contributed by atoms with van der Waals surface area (Å²) in [7, 11) is 0. The van der Waals surface area contributed by atoms with Crippen LogP contribution in [-0.2, 0) is 6.42 Å². The fourth-order valence-electron chi connectivity index (χ4n) is 3.31. The van der Waals surface area contributed by atoms with Gasteiger partial charge in [0.15, 0.2) is 0 Å². The lowest BCUT2D eigenvalue weighted by molar-refractivity contribution is 0.253. The Hall–Kier alpha value is -2.60. The van der Waals surface area contributed by atoms with Gasteiger partial charge in [0.1, 0.15) is 11.4 Å².